The van der Waals surface area contributed by atoms with E-state index in [1.807, 2.05) is 79.9 Å². The van der Waals surface area contributed by atoms with Crippen LogP contribution in [0.15, 0.2) is 83.6 Å². The molecule has 0 unspecified atom stereocenters. The molecule has 3 aromatic rings. The number of carbonyl (C=O) groups is 2. The van der Waals surface area contributed by atoms with Gasteiger partial charge in [-0.25, -0.2) is 4.68 Å². The van der Waals surface area contributed by atoms with Crippen LogP contribution >= 0.6 is 0 Å². The molecule has 2 aromatic carbocycles. The van der Waals surface area contributed by atoms with Crippen molar-refractivity contribution in [2.24, 2.45) is 0 Å². The summed E-state index contributed by atoms with van der Waals surface area (Å²) in [6.07, 6.45) is 4.21. The zero-order valence-corrected chi connectivity index (χ0v) is 17.9. The van der Waals surface area contributed by atoms with E-state index in [1.165, 1.54) is 0 Å². The Balaban J connectivity index is 1.91. The molecule has 32 heavy (non-hydrogen) atoms. The summed E-state index contributed by atoms with van der Waals surface area (Å²) in [5.41, 5.74) is 3.95. The lowest BCUT2D eigenvalue weighted by Crippen LogP contribution is -2.43. The summed E-state index contributed by atoms with van der Waals surface area (Å²) in [5.74, 6) is -0.919. The van der Waals surface area contributed by atoms with E-state index < -0.39 is 5.91 Å². The number of hydrogen-bond donors (Lipinski definition) is 0. The Labute approximate surface area is 186 Å². The molecule has 1 aliphatic rings. The van der Waals surface area contributed by atoms with E-state index in [2.05, 4.69) is 0 Å². The molecule has 158 valence electrons. The van der Waals surface area contributed by atoms with E-state index in [1.54, 1.807) is 17.7 Å². The third-order valence-electron chi connectivity index (χ3n) is 5.38. The van der Waals surface area contributed by atoms with Crippen LogP contribution in [-0.2, 0) is 9.59 Å². The average molecular weight is 422 g/mol. The molecule has 0 atom stereocenters. The molecule has 0 aliphatic carbocycles. The lowest BCUT2D eigenvalue weighted by Gasteiger charge is -2.27. The van der Waals surface area contributed by atoms with Gasteiger partial charge in [0.15, 0.2) is 0 Å². The summed E-state index contributed by atoms with van der Waals surface area (Å²) in [4.78, 5) is 27.0. The number of hydrogen-bond acceptors (Lipinski definition) is 4. The molecule has 4 rings (SSSR count). The fraction of sp³-hybridized carbons (Fsp3) is 0.154. The van der Waals surface area contributed by atoms with Crippen LogP contribution < -0.4 is 0 Å². The van der Waals surface area contributed by atoms with E-state index >= 15 is 0 Å². The molecule has 0 N–H and O–H groups in total. The van der Waals surface area contributed by atoms with Crippen molar-refractivity contribution in [2.45, 2.75) is 20.3 Å². The monoisotopic (exact) mass is 422 g/mol. The van der Waals surface area contributed by atoms with Crippen LogP contribution in [0.2, 0.25) is 0 Å². The lowest BCUT2D eigenvalue weighted by atomic mass is 9.93. The topological polar surface area (TPSA) is 79.0 Å². The zero-order chi connectivity index (χ0) is 22.7. The molecule has 0 spiro atoms. The number of para-hydroxylation sites is 1. The van der Waals surface area contributed by atoms with Crippen molar-refractivity contribution in [3.63, 3.8) is 0 Å². The van der Waals surface area contributed by atoms with Crippen LogP contribution in [0, 0.1) is 11.3 Å². The normalized spacial score (nSPS) is 15.4. The van der Waals surface area contributed by atoms with Crippen LogP contribution in [0.3, 0.4) is 0 Å². The van der Waals surface area contributed by atoms with E-state index in [9.17, 15) is 14.9 Å². The van der Waals surface area contributed by atoms with Gasteiger partial charge in [-0.3, -0.25) is 14.5 Å². The van der Waals surface area contributed by atoms with E-state index in [4.69, 9.17) is 5.10 Å². The summed E-state index contributed by atoms with van der Waals surface area (Å²) in [6, 6.07) is 21.4. The van der Waals surface area contributed by atoms with Gasteiger partial charge in [0.25, 0.3) is 11.8 Å². The predicted octanol–water partition coefficient (Wildman–Crippen LogP) is 4.54. The lowest BCUT2D eigenvalue weighted by molar-refractivity contribution is -0.140. The second kappa shape index (κ2) is 8.86. The Hall–Kier alpha value is -4.24. The molecule has 2 amide bonds. The molecule has 2 heterocycles. The van der Waals surface area contributed by atoms with Crippen molar-refractivity contribution >= 4 is 17.9 Å². The van der Waals surface area contributed by atoms with Crippen molar-refractivity contribution in [1.29, 1.82) is 5.26 Å². The maximum Gasteiger partial charge on any atom is 0.271 e. The molecule has 6 nitrogen and oxygen atoms in total. The standard InChI is InChI=1S/C26H22N4O2/c1-3-14-29-25(31)22(18(2)23(16-27)26(29)32)15-20-17-30(21-12-8-5-9-13-21)28-24(20)19-10-6-4-7-11-19/h4-13,15,17H,3,14H2,1-2H3/b22-15+. The van der Waals surface area contributed by atoms with Crippen LogP contribution in [-0.4, -0.2) is 33.0 Å². The minimum atomic E-state index is -0.530. The van der Waals surface area contributed by atoms with Gasteiger partial charge in [-0.05, 0) is 37.1 Å². The van der Waals surface area contributed by atoms with Crippen LogP contribution in [0.4, 0.5) is 0 Å². The van der Waals surface area contributed by atoms with E-state index in [-0.39, 0.29) is 18.0 Å². The van der Waals surface area contributed by atoms with Crippen LogP contribution in [0.25, 0.3) is 23.0 Å². The number of nitriles is 1. The molecule has 1 aromatic heterocycles. The van der Waals surface area contributed by atoms with Crippen molar-refractivity contribution < 1.29 is 9.59 Å². The summed E-state index contributed by atoms with van der Waals surface area (Å²) in [7, 11) is 0. The zero-order valence-electron chi connectivity index (χ0n) is 17.9. The van der Waals surface area contributed by atoms with Gasteiger partial charge in [0.2, 0.25) is 0 Å². The first-order chi connectivity index (χ1) is 15.5. The molecular formula is C26H22N4O2. The molecular weight excluding hydrogens is 400 g/mol. The van der Waals surface area contributed by atoms with Gasteiger partial charge in [-0.2, -0.15) is 10.4 Å². The maximum absolute atomic E-state index is 13.2. The third kappa shape index (κ3) is 3.77. The van der Waals surface area contributed by atoms with Crippen LogP contribution in [0.5, 0.6) is 0 Å². The molecule has 0 saturated carbocycles. The quantitative estimate of drug-likeness (QED) is 0.447. The Morgan fingerprint density at radius 3 is 2.28 bits per heavy atom. The minimum Gasteiger partial charge on any atom is -0.274 e. The molecule has 6 heteroatoms. The fourth-order valence-corrected chi connectivity index (χ4v) is 3.74. The van der Waals surface area contributed by atoms with Gasteiger partial charge < -0.3 is 0 Å². The average Bonchev–Trinajstić information content (AvgIpc) is 3.25. The number of nitrogens with zero attached hydrogens (tertiary/aromatic N) is 4. The second-order valence-electron chi connectivity index (χ2n) is 7.51. The Morgan fingerprint density at radius 1 is 1.00 bits per heavy atom. The highest BCUT2D eigenvalue weighted by molar-refractivity contribution is 6.19. The first-order valence-corrected chi connectivity index (χ1v) is 10.4. The Kier molecular flexibility index (Phi) is 5.82. The van der Waals surface area contributed by atoms with Gasteiger partial charge >= 0.3 is 0 Å². The summed E-state index contributed by atoms with van der Waals surface area (Å²) in [6.45, 7) is 3.80. The van der Waals surface area contributed by atoms with Gasteiger partial charge in [-0.15, -0.1) is 0 Å². The van der Waals surface area contributed by atoms with Crippen molar-refractivity contribution in [2.75, 3.05) is 6.54 Å². The van der Waals surface area contributed by atoms with Crippen molar-refractivity contribution in [3.8, 4) is 23.0 Å². The van der Waals surface area contributed by atoms with Crippen LogP contribution in [0.1, 0.15) is 25.8 Å². The summed E-state index contributed by atoms with van der Waals surface area (Å²) in [5, 5.41) is 14.3. The molecule has 0 saturated heterocycles. The van der Waals surface area contributed by atoms with Gasteiger partial charge in [0, 0.05) is 29.4 Å². The highest BCUT2D eigenvalue weighted by Gasteiger charge is 2.35. The maximum atomic E-state index is 13.2. The largest absolute Gasteiger partial charge is 0.274 e. The third-order valence-corrected chi connectivity index (χ3v) is 5.38. The summed E-state index contributed by atoms with van der Waals surface area (Å²) < 4.78 is 1.77. The molecule has 0 fully saturated rings. The molecule has 1 aliphatic heterocycles. The van der Waals surface area contributed by atoms with E-state index in [0.29, 0.717) is 23.3 Å². The molecule has 0 radical (unpaired) electrons. The fourth-order valence-electron chi connectivity index (χ4n) is 3.74. The second-order valence-corrected chi connectivity index (χ2v) is 7.51. The predicted molar refractivity (Wildman–Crippen MR) is 122 cm³/mol. The van der Waals surface area contributed by atoms with Gasteiger partial charge in [0.1, 0.15) is 11.6 Å². The number of aromatic nitrogens is 2. The first kappa shape index (κ1) is 21.0. The molecule has 0 bridgehead atoms. The van der Waals surface area contributed by atoms with Gasteiger partial charge in [0.05, 0.1) is 11.4 Å². The SMILES string of the molecule is CCCN1C(=O)C(C#N)=C(C)/C(=C\c2cn(-c3ccccc3)nc2-c2ccccc2)C1=O. The first-order valence-electron chi connectivity index (χ1n) is 10.4. The number of carbonyl (C=O) groups excluding carboxylic acids is 2. The smallest absolute Gasteiger partial charge is 0.271 e. The van der Waals surface area contributed by atoms with E-state index in [0.717, 1.165) is 21.7 Å². The highest BCUT2D eigenvalue weighted by Crippen LogP contribution is 2.31. The van der Waals surface area contributed by atoms with Crippen molar-refractivity contribution in [3.05, 3.63) is 89.1 Å². The van der Waals surface area contributed by atoms with Gasteiger partial charge in [-0.1, -0.05) is 55.5 Å². The minimum absolute atomic E-state index is 0.000937. The Bertz CT molecular complexity index is 1280. The number of benzene rings is 2. The van der Waals surface area contributed by atoms with Crippen molar-refractivity contribution in [1.82, 2.24) is 14.7 Å². The number of amides is 2. The highest BCUT2D eigenvalue weighted by atomic mass is 16.2. The Morgan fingerprint density at radius 2 is 1.66 bits per heavy atom. The summed E-state index contributed by atoms with van der Waals surface area (Å²) >= 11 is 0. The number of rotatable bonds is 5. The number of imide groups is 1.